The van der Waals surface area contributed by atoms with Crippen LogP contribution < -0.4 is 15.4 Å². The quantitative estimate of drug-likeness (QED) is 0.827. The number of hydrogen-bond donors (Lipinski definition) is 2. The highest BCUT2D eigenvalue weighted by molar-refractivity contribution is 5.89. The summed E-state index contributed by atoms with van der Waals surface area (Å²) in [5.41, 5.74) is 3.56. The lowest BCUT2D eigenvalue weighted by molar-refractivity contribution is -0.132. The van der Waals surface area contributed by atoms with Crippen LogP contribution in [0, 0.1) is 13.8 Å². The van der Waals surface area contributed by atoms with Gasteiger partial charge in [-0.1, -0.05) is 0 Å². The Bertz CT molecular complexity index is 862. The van der Waals surface area contributed by atoms with E-state index in [-0.39, 0.29) is 11.9 Å². The third kappa shape index (κ3) is 4.82. The number of nitrogens with zero attached hydrogens (tertiary/aromatic N) is 3. The van der Waals surface area contributed by atoms with Crippen molar-refractivity contribution in [2.24, 2.45) is 0 Å². The van der Waals surface area contributed by atoms with E-state index in [0.29, 0.717) is 44.9 Å². The van der Waals surface area contributed by atoms with Crippen molar-refractivity contribution in [1.82, 2.24) is 20.0 Å². The number of urea groups is 1. The lowest BCUT2D eigenvalue weighted by Gasteiger charge is -2.20. The maximum atomic E-state index is 12.7. The molecule has 3 amide bonds. The second-order valence-corrected chi connectivity index (χ2v) is 6.87. The predicted octanol–water partition coefficient (Wildman–Crippen LogP) is 2.45. The average molecular weight is 385 g/mol. The first-order valence-corrected chi connectivity index (χ1v) is 9.55. The lowest BCUT2D eigenvalue weighted by atomic mass is 10.1. The van der Waals surface area contributed by atoms with E-state index in [2.05, 4.69) is 15.7 Å². The molecule has 1 aliphatic rings. The van der Waals surface area contributed by atoms with Crippen LogP contribution >= 0.6 is 0 Å². The predicted molar refractivity (Wildman–Crippen MR) is 106 cm³/mol. The second-order valence-electron chi connectivity index (χ2n) is 6.87. The van der Waals surface area contributed by atoms with Crippen LogP contribution in [0.1, 0.15) is 30.3 Å². The second kappa shape index (κ2) is 8.77. The zero-order valence-electron chi connectivity index (χ0n) is 16.6. The van der Waals surface area contributed by atoms with E-state index in [1.807, 2.05) is 43.7 Å². The Morgan fingerprint density at radius 1 is 1.25 bits per heavy atom. The summed E-state index contributed by atoms with van der Waals surface area (Å²) in [6.07, 6.45) is 0.383. The molecule has 8 heteroatoms. The summed E-state index contributed by atoms with van der Waals surface area (Å²) in [6, 6.07) is 7.24. The fourth-order valence-corrected chi connectivity index (χ4v) is 3.28. The molecule has 0 spiro atoms. The number of nitrogens with one attached hydrogen (secondary N) is 2. The molecule has 28 heavy (non-hydrogen) atoms. The highest BCUT2D eigenvalue weighted by Gasteiger charge is 2.20. The van der Waals surface area contributed by atoms with Gasteiger partial charge in [-0.25, -0.2) is 4.79 Å². The summed E-state index contributed by atoms with van der Waals surface area (Å²) >= 11 is 0. The molecule has 2 heterocycles. The van der Waals surface area contributed by atoms with Gasteiger partial charge in [-0.3, -0.25) is 9.48 Å². The monoisotopic (exact) mass is 385 g/mol. The Balaban J connectivity index is 1.65. The van der Waals surface area contributed by atoms with Crippen LogP contribution in [0.5, 0.6) is 5.75 Å². The average Bonchev–Trinajstić information content (AvgIpc) is 2.85. The van der Waals surface area contributed by atoms with Gasteiger partial charge < -0.3 is 20.3 Å². The molecular formula is C20H27N5O3. The van der Waals surface area contributed by atoms with Crippen molar-refractivity contribution in [3.63, 3.8) is 0 Å². The third-order valence-corrected chi connectivity index (χ3v) is 4.63. The van der Waals surface area contributed by atoms with Gasteiger partial charge in [0.05, 0.1) is 12.2 Å². The summed E-state index contributed by atoms with van der Waals surface area (Å²) in [6.45, 7) is 8.34. The normalized spacial score (nSPS) is 13.3. The molecule has 1 aromatic heterocycles. The molecule has 0 radical (unpaired) electrons. The Hall–Kier alpha value is -3.03. The first-order valence-electron chi connectivity index (χ1n) is 9.55. The van der Waals surface area contributed by atoms with E-state index >= 15 is 0 Å². The van der Waals surface area contributed by atoms with E-state index in [9.17, 15) is 9.59 Å². The molecule has 0 saturated carbocycles. The molecule has 0 aliphatic carbocycles. The summed E-state index contributed by atoms with van der Waals surface area (Å²) in [5.74, 6) is 0.807. The summed E-state index contributed by atoms with van der Waals surface area (Å²) in [5, 5.41) is 9.90. The molecule has 150 valence electrons. The highest BCUT2D eigenvalue weighted by atomic mass is 16.5. The number of aromatic nitrogens is 2. The van der Waals surface area contributed by atoms with Crippen molar-refractivity contribution < 1.29 is 14.3 Å². The van der Waals surface area contributed by atoms with Crippen LogP contribution in [-0.2, 0) is 17.9 Å². The number of benzene rings is 1. The first kappa shape index (κ1) is 19.7. The van der Waals surface area contributed by atoms with Gasteiger partial charge in [0.15, 0.2) is 0 Å². The van der Waals surface area contributed by atoms with E-state index in [4.69, 9.17) is 4.74 Å². The lowest BCUT2D eigenvalue weighted by Crippen LogP contribution is -2.33. The summed E-state index contributed by atoms with van der Waals surface area (Å²) in [7, 11) is 0. The van der Waals surface area contributed by atoms with Crippen LogP contribution in [0.25, 0.3) is 0 Å². The first-order chi connectivity index (χ1) is 13.5. The Kier molecular flexibility index (Phi) is 6.18. The molecule has 0 unspecified atom stereocenters. The van der Waals surface area contributed by atoms with Crippen molar-refractivity contribution in [2.75, 3.05) is 25.0 Å². The maximum absolute atomic E-state index is 12.7. The van der Waals surface area contributed by atoms with Gasteiger partial charge in [0.1, 0.15) is 12.4 Å². The highest BCUT2D eigenvalue weighted by Crippen LogP contribution is 2.26. The number of carbonyl (C=O) groups is 2. The molecule has 3 rings (SSSR count). The molecule has 0 bridgehead atoms. The van der Waals surface area contributed by atoms with E-state index < -0.39 is 0 Å². The molecule has 2 aromatic rings. The van der Waals surface area contributed by atoms with E-state index in [1.165, 1.54) is 0 Å². The minimum atomic E-state index is -0.255. The van der Waals surface area contributed by atoms with Crippen molar-refractivity contribution in [1.29, 1.82) is 0 Å². The van der Waals surface area contributed by atoms with Crippen LogP contribution in [0.4, 0.5) is 10.5 Å². The third-order valence-electron chi connectivity index (χ3n) is 4.63. The minimum Gasteiger partial charge on any atom is -0.491 e. The Morgan fingerprint density at radius 2 is 2.07 bits per heavy atom. The molecule has 1 aliphatic heterocycles. The van der Waals surface area contributed by atoms with Crippen LogP contribution in [0.2, 0.25) is 0 Å². The van der Waals surface area contributed by atoms with Crippen LogP contribution in [0.3, 0.4) is 0 Å². The standard InChI is InChI=1S/C20H27N5O3/c1-4-21-20(27)22-17-5-6-18-16(12-17)13-24(9-10-28-18)19(26)7-8-25-15(3)11-14(2)23-25/h5-6,11-12H,4,7-10,13H2,1-3H3,(H2,21,22,27). The molecule has 0 saturated heterocycles. The molecule has 8 nitrogen and oxygen atoms in total. The van der Waals surface area contributed by atoms with Gasteiger partial charge in [0.25, 0.3) is 0 Å². The molecule has 0 atom stereocenters. The minimum absolute atomic E-state index is 0.0612. The number of carbonyl (C=O) groups excluding carboxylic acids is 2. The number of anilines is 1. The zero-order valence-corrected chi connectivity index (χ0v) is 16.6. The molecular weight excluding hydrogens is 358 g/mol. The smallest absolute Gasteiger partial charge is 0.319 e. The van der Waals surface area contributed by atoms with Gasteiger partial charge in [0.2, 0.25) is 5.91 Å². The van der Waals surface area contributed by atoms with Gasteiger partial charge in [-0.15, -0.1) is 0 Å². The number of hydrogen-bond acceptors (Lipinski definition) is 4. The zero-order chi connectivity index (χ0) is 20.1. The van der Waals surface area contributed by atoms with Crippen molar-refractivity contribution in [2.45, 2.75) is 40.3 Å². The number of amides is 3. The topological polar surface area (TPSA) is 88.5 Å². The number of aryl methyl sites for hydroxylation is 3. The van der Waals surface area contributed by atoms with Gasteiger partial charge in [0, 0.05) is 43.0 Å². The van der Waals surface area contributed by atoms with Crippen molar-refractivity contribution in [3.05, 3.63) is 41.2 Å². The number of fused-ring (bicyclic) bond motifs is 1. The van der Waals surface area contributed by atoms with Crippen molar-refractivity contribution >= 4 is 17.6 Å². The van der Waals surface area contributed by atoms with Crippen LogP contribution in [-0.4, -0.2) is 46.3 Å². The fourth-order valence-electron chi connectivity index (χ4n) is 3.28. The van der Waals surface area contributed by atoms with Gasteiger partial charge >= 0.3 is 6.03 Å². The molecule has 0 fully saturated rings. The fraction of sp³-hybridized carbons (Fsp3) is 0.450. The largest absolute Gasteiger partial charge is 0.491 e. The Morgan fingerprint density at radius 3 is 2.79 bits per heavy atom. The number of ether oxygens (including phenoxy) is 1. The van der Waals surface area contributed by atoms with E-state index in [1.54, 1.807) is 11.0 Å². The maximum Gasteiger partial charge on any atom is 0.319 e. The van der Waals surface area contributed by atoms with Crippen molar-refractivity contribution in [3.8, 4) is 5.75 Å². The number of rotatable bonds is 5. The van der Waals surface area contributed by atoms with Gasteiger partial charge in [-0.2, -0.15) is 5.10 Å². The molecule has 1 aromatic carbocycles. The van der Waals surface area contributed by atoms with Gasteiger partial charge in [-0.05, 0) is 45.0 Å². The Labute approximate surface area is 164 Å². The summed E-state index contributed by atoms with van der Waals surface area (Å²) < 4.78 is 7.65. The molecule has 2 N–H and O–H groups in total. The van der Waals surface area contributed by atoms with Crippen LogP contribution in [0.15, 0.2) is 24.3 Å². The van der Waals surface area contributed by atoms with E-state index in [0.717, 1.165) is 22.7 Å². The summed E-state index contributed by atoms with van der Waals surface area (Å²) in [4.78, 5) is 26.3. The SMILES string of the molecule is CCNC(=O)Nc1ccc2c(c1)CN(C(=O)CCn1nc(C)cc1C)CCO2.